The van der Waals surface area contributed by atoms with Crippen LogP contribution in [0.2, 0.25) is 0 Å². The Morgan fingerprint density at radius 3 is 2.35 bits per heavy atom. The summed E-state index contributed by atoms with van der Waals surface area (Å²) in [4.78, 5) is 12.9. The predicted molar refractivity (Wildman–Crippen MR) is 192 cm³/mol. The lowest BCUT2D eigenvalue weighted by Crippen LogP contribution is -2.57. The van der Waals surface area contributed by atoms with Crippen LogP contribution in [0.25, 0.3) is 0 Å². The molecule has 5 aliphatic rings. The highest BCUT2D eigenvalue weighted by atomic mass is 16.7. The molecule has 4 N–H and O–H groups in total. The van der Waals surface area contributed by atoms with Crippen molar-refractivity contribution < 1.29 is 48.5 Å². The lowest BCUT2D eigenvalue weighted by molar-refractivity contribution is -0.337. The monoisotopic (exact) mass is 723 g/mol. The molecule has 1 amide bonds. The summed E-state index contributed by atoms with van der Waals surface area (Å²) < 4.78 is 40.3. The van der Waals surface area contributed by atoms with Gasteiger partial charge in [0.2, 0.25) is 5.91 Å². The molecular weight excluding hydrogens is 654 g/mol. The largest absolute Gasteiger partial charge is 0.393 e. The van der Waals surface area contributed by atoms with Gasteiger partial charge in [-0.05, 0) is 56.8 Å². The zero-order chi connectivity index (χ0) is 37.7. The molecule has 5 fully saturated rings. The number of aliphatic hydroxyl groups is 3. The second-order valence-electron chi connectivity index (χ2n) is 17.6. The van der Waals surface area contributed by atoms with Crippen molar-refractivity contribution in [2.45, 2.75) is 173 Å². The minimum atomic E-state index is -1.57. The van der Waals surface area contributed by atoms with Crippen LogP contribution >= 0.6 is 0 Å². The maximum Gasteiger partial charge on any atom is 0.225 e. The fraction of sp³-hybridized carbons (Fsp3) is 0.925. The molecule has 0 aromatic carbocycles. The number of aliphatic hydroxyl groups excluding tert-OH is 2. The molecule has 5 saturated heterocycles. The van der Waals surface area contributed by atoms with Gasteiger partial charge in [-0.25, -0.2) is 0 Å². The highest BCUT2D eigenvalue weighted by Crippen LogP contribution is 2.56. The summed E-state index contributed by atoms with van der Waals surface area (Å²) in [7, 11) is 1.62. The summed E-state index contributed by atoms with van der Waals surface area (Å²) in [5, 5.41) is 35.4. The molecule has 5 rings (SSSR count). The van der Waals surface area contributed by atoms with Crippen LogP contribution in [-0.4, -0.2) is 107 Å². The number of ether oxygens (including phenoxy) is 6. The first-order valence-corrected chi connectivity index (χ1v) is 19.7. The summed E-state index contributed by atoms with van der Waals surface area (Å²) in [5.74, 6) is -3.09. The van der Waals surface area contributed by atoms with Crippen LogP contribution in [0, 0.1) is 41.4 Å². The van der Waals surface area contributed by atoms with Crippen molar-refractivity contribution >= 4 is 5.91 Å². The van der Waals surface area contributed by atoms with Gasteiger partial charge in [0.25, 0.3) is 0 Å². The minimum Gasteiger partial charge on any atom is -0.393 e. The lowest BCUT2D eigenvalue weighted by atomic mass is 9.78. The molecular formula is C40H69NO10. The SMILES string of the molecule is C=CCNC(=O)[C@@H](C)[C@H](OC)[C@H](C)[C@H]1O[C@@]2(CC[C@@](C)([C@@H]3O[C@](CC)([C@@H]4O[C@@H]([C@H]5O[C@@](O)(CO)[C@H](C)C[C@@H]5C)C[C@@H]4C)C[C@@H]3C)O2)C[C@H](O)[C@H]1C. The number of carbonyl (C=O) groups is 1. The lowest BCUT2D eigenvalue weighted by Gasteiger charge is -2.49. The first-order valence-electron chi connectivity index (χ1n) is 19.7. The van der Waals surface area contributed by atoms with Crippen molar-refractivity contribution in [3.05, 3.63) is 12.7 Å². The number of nitrogens with one attached hydrogen (secondary N) is 1. The van der Waals surface area contributed by atoms with Gasteiger partial charge in [0.05, 0.1) is 66.5 Å². The highest BCUT2D eigenvalue weighted by molar-refractivity contribution is 5.79. The minimum absolute atomic E-state index is 0.113. The summed E-state index contributed by atoms with van der Waals surface area (Å²) in [6, 6.07) is 0. The van der Waals surface area contributed by atoms with Gasteiger partial charge in [0.15, 0.2) is 11.6 Å². The van der Waals surface area contributed by atoms with Crippen LogP contribution < -0.4 is 5.32 Å². The van der Waals surface area contributed by atoms with Crippen LogP contribution in [0.4, 0.5) is 0 Å². The number of methoxy groups -OCH3 is 1. The molecule has 0 saturated carbocycles. The predicted octanol–water partition coefficient (Wildman–Crippen LogP) is 4.74. The van der Waals surface area contributed by atoms with Crippen LogP contribution in [0.1, 0.15) is 107 Å². The first-order chi connectivity index (χ1) is 23.9. The molecule has 51 heavy (non-hydrogen) atoms. The van der Waals surface area contributed by atoms with Crippen molar-refractivity contribution in [2.24, 2.45) is 41.4 Å². The van der Waals surface area contributed by atoms with Crippen molar-refractivity contribution in [1.82, 2.24) is 5.32 Å². The van der Waals surface area contributed by atoms with Gasteiger partial charge in [-0.1, -0.05) is 61.5 Å². The standard InChI is InChI=1S/C40H69NO10/c1-12-16-41-36(44)28(9)32(46-11)27(8)33-26(7)29(43)20-39(48-33)15-14-37(10,51-39)34-24(5)19-38(13-2,50-34)35-23(4)18-30(47-35)31-22(3)17-25(6)40(45,21-42)49-31/h12,22-35,42-43,45H,1,13-21H2,2-11H3,(H,41,44)/t22-,23-,24-,25+,26+,27-,28-,29-,30+,31-,32+,33-,34+,35+,37-,38-,39+,40-/m0/s1. The van der Waals surface area contributed by atoms with E-state index in [4.69, 9.17) is 28.4 Å². The first kappa shape index (κ1) is 41.0. The fourth-order valence-electron chi connectivity index (χ4n) is 10.8. The Labute approximate surface area is 306 Å². The number of rotatable bonds is 12. The van der Waals surface area contributed by atoms with Gasteiger partial charge in [-0.15, -0.1) is 6.58 Å². The van der Waals surface area contributed by atoms with E-state index in [9.17, 15) is 20.1 Å². The average Bonchev–Trinajstić information content (AvgIpc) is 3.76. The normalized spacial score (nSPS) is 49.2. The molecule has 0 aromatic heterocycles. The van der Waals surface area contributed by atoms with E-state index in [1.165, 1.54) is 0 Å². The Morgan fingerprint density at radius 1 is 1.02 bits per heavy atom. The Hall–Kier alpha value is -1.15. The second kappa shape index (κ2) is 15.5. The molecule has 11 nitrogen and oxygen atoms in total. The van der Waals surface area contributed by atoms with E-state index in [-0.39, 0.29) is 65.8 Å². The Morgan fingerprint density at radius 2 is 1.73 bits per heavy atom. The molecule has 1 spiro atoms. The molecule has 0 radical (unpaired) electrons. The number of amides is 1. The van der Waals surface area contributed by atoms with Crippen LogP contribution in [0.5, 0.6) is 0 Å². The van der Waals surface area contributed by atoms with Gasteiger partial charge >= 0.3 is 0 Å². The number of hydrogen-bond donors (Lipinski definition) is 4. The van der Waals surface area contributed by atoms with Crippen LogP contribution in [-0.2, 0) is 33.2 Å². The topological polar surface area (TPSA) is 145 Å². The van der Waals surface area contributed by atoms with Gasteiger partial charge in [0, 0.05) is 44.2 Å². The van der Waals surface area contributed by atoms with E-state index >= 15 is 0 Å². The van der Waals surface area contributed by atoms with Crippen molar-refractivity contribution in [1.29, 1.82) is 0 Å². The van der Waals surface area contributed by atoms with E-state index in [0.717, 1.165) is 25.7 Å². The fourth-order valence-corrected chi connectivity index (χ4v) is 10.8. The Kier molecular flexibility index (Phi) is 12.5. The summed E-state index contributed by atoms with van der Waals surface area (Å²) in [6.07, 6.45) is 4.11. The third-order valence-corrected chi connectivity index (χ3v) is 13.7. The smallest absolute Gasteiger partial charge is 0.225 e. The van der Waals surface area contributed by atoms with E-state index < -0.39 is 53.6 Å². The average molecular weight is 724 g/mol. The van der Waals surface area contributed by atoms with Crippen molar-refractivity contribution in [2.75, 3.05) is 20.3 Å². The third kappa shape index (κ3) is 7.59. The number of carbonyl (C=O) groups excluding carboxylic acids is 1. The molecule has 5 heterocycles. The van der Waals surface area contributed by atoms with Crippen molar-refractivity contribution in [3.63, 3.8) is 0 Å². The van der Waals surface area contributed by atoms with Gasteiger partial charge in [-0.3, -0.25) is 4.79 Å². The molecule has 294 valence electrons. The van der Waals surface area contributed by atoms with Crippen LogP contribution in [0.15, 0.2) is 12.7 Å². The Balaban J connectivity index is 1.30. The zero-order valence-electron chi connectivity index (χ0n) is 32.9. The quantitative estimate of drug-likeness (QED) is 0.209. The van der Waals surface area contributed by atoms with E-state index in [0.29, 0.717) is 25.8 Å². The maximum atomic E-state index is 12.9. The molecule has 5 aliphatic heterocycles. The van der Waals surface area contributed by atoms with E-state index in [2.05, 4.69) is 46.5 Å². The molecule has 18 atom stereocenters. The van der Waals surface area contributed by atoms with Gasteiger partial charge in [0.1, 0.15) is 0 Å². The summed E-state index contributed by atoms with van der Waals surface area (Å²) >= 11 is 0. The van der Waals surface area contributed by atoms with E-state index in [1.807, 2.05) is 27.7 Å². The maximum absolute atomic E-state index is 12.9. The summed E-state index contributed by atoms with van der Waals surface area (Å²) in [6.45, 7) is 22.3. The molecule has 11 heteroatoms. The highest BCUT2D eigenvalue weighted by Gasteiger charge is 2.64. The second-order valence-corrected chi connectivity index (χ2v) is 17.6. The number of hydrogen-bond acceptors (Lipinski definition) is 10. The molecule has 0 bridgehead atoms. The molecule has 0 aliphatic carbocycles. The van der Waals surface area contributed by atoms with E-state index in [1.54, 1.807) is 13.2 Å². The summed E-state index contributed by atoms with van der Waals surface area (Å²) in [5.41, 5.74) is -1.18. The molecule has 0 unspecified atom stereocenters. The van der Waals surface area contributed by atoms with Gasteiger partial charge < -0.3 is 49.1 Å². The third-order valence-electron chi connectivity index (χ3n) is 13.7. The van der Waals surface area contributed by atoms with Crippen LogP contribution in [0.3, 0.4) is 0 Å². The van der Waals surface area contributed by atoms with Gasteiger partial charge in [-0.2, -0.15) is 0 Å². The molecule has 0 aromatic rings. The van der Waals surface area contributed by atoms with Crippen molar-refractivity contribution in [3.8, 4) is 0 Å². The zero-order valence-corrected chi connectivity index (χ0v) is 32.9. The Bertz CT molecular complexity index is 1220.